The standard InChI is InChI=1S/C9H12N2O/c1-7(6-9(10)12)8-2-4-11-5-3-8/h2-5,7H,6H2,1H3,(H2,10,12). The molecule has 1 amide bonds. The number of nitrogens with zero attached hydrogens (tertiary/aromatic N) is 1. The molecule has 1 aromatic heterocycles. The second-order valence-electron chi connectivity index (χ2n) is 2.85. The quantitative estimate of drug-likeness (QED) is 0.726. The lowest BCUT2D eigenvalue weighted by Gasteiger charge is -2.07. The average molecular weight is 164 g/mol. The van der Waals surface area contributed by atoms with Crippen molar-refractivity contribution < 1.29 is 4.79 Å². The van der Waals surface area contributed by atoms with Gasteiger partial charge in [0.05, 0.1) is 0 Å². The molecule has 64 valence electrons. The van der Waals surface area contributed by atoms with Crippen LogP contribution in [0.25, 0.3) is 0 Å². The Balaban J connectivity index is 2.65. The van der Waals surface area contributed by atoms with E-state index >= 15 is 0 Å². The molecule has 1 aromatic rings. The van der Waals surface area contributed by atoms with E-state index < -0.39 is 0 Å². The Morgan fingerprint density at radius 3 is 2.67 bits per heavy atom. The van der Waals surface area contributed by atoms with Crippen molar-refractivity contribution >= 4 is 5.91 Å². The van der Waals surface area contributed by atoms with E-state index in [9.17, 15) is 4.79 Å². The van der Waals surface area contributed by atoms with Crippen molar-refractivity contribution in [3.63, 3.8) is 0 Å². The molecular formula is C9H12N2O. The Kier molecular flexibility index (Phi) is 2.80. The number of carbonyl (C=O) groups excluding carboxylic acids is 1. The fourth-order valence-corrected chi connectivity index (χ4v) is 1.11. The van der Waals surface area contributed by atoms with Gasteiger partial charge >= 0.3 is 0 Å². The van der Waals surface area contributed by atoms with Crippen molar-refractivity contribution in [2.45, 2.75) is 19.3 Å². The van der Waals surface area contributed by atoms with Gasteiger partial charge in [-0.2, -0.15) is 0 Å². The van der Waals surface area contributed by atoms with Crippen molar-refractivity contribution in [2.75, 3.05) is 0 Å². The molecule has 0 aliphatic rings. The van der Waals surface area contributed by atoms with Crippen molar-refractivity contribution in [3.8, 4) is 0 Å². The fourth-order valence-electron chi connectivity index (χ4n) is 1.11. The van der Waals surface area contributed by atoms with E-state index in [0.717, 1.165) is 5.56 Å². The number of aromatic nitrogens is 1. The highest BCUT2D eigenvalue weighted by molar-refractivity contribution is 5.74. The minimum Gasteiger partial charge on any atom is -0.370 e. The average Bonchev–Trinajstić information content (AvgIpc) is 2.05. The van der Waals surface area contributed by atoms with Crippen molar-refractivity contribution in [1.29, 1.82) is 0 Å². The van der Waals surface area contributed by atoms with Gasteiger partial charge in [0.2, 0.25) is 5.91 Å². The Morgan fingerprint density at radius 1 is 1.58 bits per heavy atom. The highest BCUT2D eigenvalue weighted by Gasteiger charge is 2.07. The fraction of sp³-hybridized carbons (Fsp3) is 0.333. The summed E-state index contributed by atoms with van der Waals surface area (Å²) in [4.78, 5) is 14.5. The monoisotopic (exact) mass is 164 g/mol. The van der Waals surface area contributed by atoms with Crippen LogP contribution in [0.3, 0.4) is 0 Å². The third-order valence-electron chi connectivity index (χ3n) is 1.78. The van der Waals surface area contributed by atoms with Crippen LogP contribution in [0.4, 0.5) is 0 Å². The van der Waals surface area contributed by atoms with Crippen LogP contribution in [0, 0.1) is 0 Å². The minimum absolute atomic E-state index is 0.186. The van der Waals surface area contributed by atoms with Crippen LogP contribution >= 0.6 is 0 Å². The van der Waals surface area contributed by atoms with E-state index in [1.54, 1.807) is 12.4 Å². The molecule has 0 fully saturated rings. The molecular weight excluding hydrogens is 152 g/mol. The zero-order valence-electron chi connectivity index (χ0n) is 7.03. The first kappa shape index (κ1) is 8.71. The smallest absolute Gasteiger partial charge is 0.218 e. The maximum absolute atomic E-state index is 10.6. The molecule has 0 spiro atoms. The number of pyridine rings is 1. The van der Waals surface area contributed by atoms with Crippen LogP contribution in [0.5, 0.6) is 0 Å². The zero-order valence-corrected chi connectivity index (χ0v) is 7.03. The predicted octanol–water partition coefficient (Wildman–Crippen LogP) is 1.06. The Labute approximate surface area is 71.6 Å². The van der Waals surface area contributed by atoms with Crippen LogP contribution in [-0.2, 0) is 4.79 Å². The lowest BCUT2D eigenvalue weighted by molar-refractivity contribution is -0.118. The normalized spacial score (nSPS) is 12.4. The number of nitrogens with two attached hydrogens (primary N) is 1. The highest BCUT2D eigenvalue weighted by atomic mass is 16.1. The summed E-state index contributed by atoms with van der Waals surface area (Å²) >= 11 is 0. The van der Waals surface area contributed by atoms with Crippen molar-refractivity contribution in [1.82, 2.24) is 4.98 Å². The van der Waals surface area contributed by atoms with Crippen LogP contribution in [0.15, 0.2) is 24.5 Å². The number of amides is 1. The molecule has 3 nitrogen and oxygen atoms in total. The summed E-state index contributed by atoms with van der Waals surface area (Å²) < 4.78 is 0. The lowest BCUT2D eigenvalue weighted by atomic mass is 9.99. The van der Waals surface area contributed by atoms with Crippen molar-refractivity contribution in [2.24, 2.45) is 5.73 Å². The molecule has 0 bridgehead atoms. The van der Waals surface area contributed by atoms with Crippen LogP contribution in [-0.4, -0.2) is 10.9 Å². The molecule has 0 aliphatic heterocycles. The third kappa shape index (κ3) is 2.34. The van der Waals surface area contributed by atoms with Gasteiger partial charge < -0.3 is 5.73 Å². The van der Waals surface area contributed by atoms with E-state index in [1.807, 2.05) is 19.1 Å². The Morgan fingerprint density at radius 2 is 2.17 bits per heavy atom. The topological polar surface area (TPSA) is 56.0 Å². The zero-order chi connectivity index (χ0) is 8.97. The van der Waals surface area contributed by atoms with E-state index in [0.29, 0.717) is 6.42 Å². The molecule has 0 aliphatic carbocycles. The Hall–Kier alpha value is -1.38. The number of hydrogen-bond donors (Lipinski definition) is 1. The van der Waals surface area contributed by atoms with Gasteiger partial charge in [-0.15, -0.1) is 0 Å². The van der Waals surface area contributed by atoms with Gasteiger partial charge in [0.25, 0.3) is 0 Å². The van der Waals surface area contributed by atoms with Gasteiger partial charge in [0, 0.05) is 18.8 Å². The van der Waals surface area contributed by atoms with Gasteiger partial charge in [0.15, 0.2) is 0 Å². The second-order valence-corrected chi connectivity index (χ2v) is 2.85. The van der Waals surface area contributed by atoms with Crippen LogP contribution < -0.4 is 5.73 Å². The van der Waals surface area contributed by atoms with Crippen molar-refractivity contribution in [3.05, 3.63) is 30.1 Å². The summed E-state index contributed by atoms with van der Waals surface area (Å²) in [5.41, 5.74) is 6.18. The molecule has 12 heavy (non-hydrogen) atoms. The molecule has 1 unspecified atom stereocenters. The SMILES string of the molecule is CC(CC(N)=O)c1ccncc1. The second kappa shape index (κ2) is 3.85. The molecule has 2 N–H and O–H groups in total. The first-order valence-corrected chi connectivity index (χ1v) is 3.88. The van der Waals surface area contributed by atoms with E-state index in [2.05, 4.69) is 4.98 Å². The summed E-state index contributed by atoms with van der Waals surface area (Å²) in [5.74, 6) is -0.0789. The van der Waals surface area contributed by atoms with E-state index in [-0.39, 0.29) is 11.8 Å². The highest BCUT2D eigenvalue weighted by Crippen LogP contribution is 2.16. The molecule has 1 atom stereocenters. The molecule has 0 saturated carbocycles. The first-order valence-electron chi connectivity index (χ1n) is 3.88. The third-order valence-corrected chi connectivity index (χ3v) is 1.78. The van der Waals surface area contributed by atoms with Gasteiger partial charge in [-0.3, -0.25) is 9.78 Å². The van der Waals surface area contributed by atoms with E-state index in [4.69, 9.17) is 5.73 Å². The maximum atomic E-state index is 10.6. The molecule has 1 heterocycles. The summed E-state index contributed by atoms with van der Waals surface area (Å²) in [5, 5.41) is 0. The maximum Gasteiger partial charge on any atom is 0.218 e. The number of carbonyl (C=O) groups is 1. The molecule has 0 aromatic carbocycles. The van der Waals surface area contributed by atoms with Crippen LogP contribution in [0.2, 0.25) is 0 Å². The molecule has 1 rings (SSSR count). The van der Waals surface area contributed by atoms with Crippen LogP contribution in [0.1, 0.15) is 24.8 Å². The summed E-state index contributed by atoms with van der Waals surface area (Å²) in [6.07, 6.45) is 3.82. The predicted molar refractivity (Wildman–Crippen MR) is 46.5 cm³/mol. The Bertz CT molecular complexity index is 258. The number of hydrogen-bond acceptors (Lipinski definition) is 2. The molecule has 3 heteroatoms. The summed E-state index contributed by atoms with van der Waals surface area (Å²) in [7, 11) is 0. The van der Waals surface area contributed by atoms with Gasteiger partial charge in [-0.25, -0.2) is 0 Å². The first-order chi connectivity index (χ1) is 5.70. The molecule has 0 saturated heterocycles. The lowest BCUT2D eigenvalue weighted by Crippen LogP contribution is -2.13. The van der Waals surface area contributed by atoms with Gasteiger partial charge in [0.1, 0.15) is 0 Å². The van der Waals surface area contributed by atoms with Gasteiger partial charge in [-0.1, -0.05) is 6.92 Å². The largest absolute Gasteiger partial charge is 0.370 e. The number of primary amides is 1. The summed E-state index contributed by atoms with van der Waals surface area (Å²) in [6.45, 7) is 1.97. The van der Waals surface area contributed by atoms with E-state index in [1.165, 1.54) is 0 Å². The summed E-state index contributed by atoms with van der Waals surface area (Å²) in [6, 6.07) is 3.79. The minimum atomic E-state index is -0.265. The van der Waals surface area contributed by atoms with Gasteiger partial charge in [-0.05, 0) is 23.6 Å². The number of rotatable bonds is 3. The molecule has 0 radical (unpaired) electrons.